The van der Waals surface area contributed by atoms with Crippen molar-refractivity contribution in [3.05, 3.63) is 0 Å². The van der Waals surface area contributed by atoms with Gasteiger partial charge in [-0.3, -0.25) is 0 Å². The van der Waals surface area contributed by atoms with Crippen molar-refractivity contribution in [2.45, 2.75) is 52.7 Å². The topological polar surface area (TPSA) is 85.3 Å². The quantitative estimate of drug-likeness (QED) is 0.783. The summed E-state index contributed by atoms with van der Waals surface area (Å²) in [6, 6.07) is 0. The maximum atomic E-state index is 12.0. The van der Waals surface area contributed by atoms with Crippen LogP contribution in [0.4, 0.5) is 9.59 Å². The van der Waals surface area contributed by atoms with E-state index in [0.717, 1.165) is 4.90 Å². The van der Waals surface area contributed by atoms with Gasteiger partial charge in [-0.25, -0.2) is 14.5 Å². The first-order valence-electron chi connectivity index (χ1n) is 6.88. The van der Waals surface area contributed by atoms with Crippen LogP contribution in [0, 0.1) is 0 Å². The third-order valence-corrected chi connectivity index (χ3v) is 1.92. The molecule has 0 aliphatic rings. The normalized spacial score (nSPS) is 12.0. The molecule has 0 aromatic heterocycles. The first kappa shape index (κ1) is 19.7. The number of hydrogen-bond acceptors (Lipinski definition) is 6. The van der Waals surface area contributed by atoms with Crippen molar-refractivity contribution in [3.63, 3.8) is 0 Å². The van der Waals surface area contributed by atoms with E-state index < -0.39 is 23.4 Å². The summed E-state index contributed by atoms with van der Waals surface area (Å²) in [6.07, 6.45) is -1.58. The fraction of sp³-hybridized carbons (Fsp3) is 0.857. The number of carbonyl (C=O) groups excluding carboxylic acids is 2. The van der Waals surface area contributed by atoms with Gasteiger partial charge in [0.2, 0.25) is 0 Å². The molecule has 0 saturated heterocycles. The van der Waals surface area contributed by atoms with Gasteiger partial charge in [0.1, 0.15) is 11.2 Å². The van der Waals surface area contributed by atoms with Crippen molar-refractivity contribution in [2.75, 3.05) is 26.4 Å². The highest BCUT2D eigenvalue weighted by molar-refractivity contribution is 5.88. The second-order valence-electron chi connectivity index (χ2n) is 6.45. The molecule has 7 heteroatoms. The van der Waals surface area contributed by atoms with Gasteiger partial charge in [-0.1, -0.05) is 0 Å². The smallest absolute Gasteiger partial charge is 0.419 e. The Morgan fingerprint density at radius 1 is 0.905 bits per heavy atom. The van der Waals surface area contributed by atoms with Crippen LogP contribution in [0.15, 0.2) is 0 Å². The molecule has 0 rings (SSSR count). The zero-order chi connectivity index (χ0) is 16.7. The number of aliphatic hydroxyl groups excluding tert-OH is 1. The lowest BCUT2D eigenvalue weighted by Gasteiger charge is -2.28. The molecule has 0 aliphatic heterocycles. The van der Waals surface area contributed by atoms with E-state index in [1.807, 2.05) is 0 Å². The number of rotatable bonds is 5. The molecule has 2 amide bonds. The minimum atomic E-state index is -0.788. The molecule has 0 saturated carbocycles. The number of ether oxygens (including phenoxy) is 3. The number of imide groups is 1. The van der Waals surface area contributed by atoms with Crippen molar-refractivity contribution >= 4 is 12.2 Å². The Labute approximate surface area is 126 Å². The van der Waals surface area contributed by atoms with E-state index in [1.54, 1.807) is 41.5 Å². The zero-order valence-corrected chi connectivity index (χ0v) is 13.8. The predicted octanol–water partition coefficient (Wildman–Crippen LogP) is 2.17. The Kier molecular flexibility index (Phi) is 7.67. The first-order valence-corrected chi connectivity index (χ1v) is 6.88. The van der Waals surface area contributed by atoms with E-state index >= 15 is 0 Å². The Balaban J connectivity index is 4.75. The summed E-state index contributed by atoms with van der Waals surface area (Å²) in [7, 11) is 0. The molecule has 0 unspecified atom stereocenters. The molecule has 0 bridgehead atoms. The number of carbonyl (C=O) groups is 2. The molecule has 0 aromatic carbocycles. The van der Waals surface area contributed by atoms with Crippen molar-refractivity contribution in [1.29, 1.82) is 0 Å². The van der Waals surface area contributed by atoms with Crippen molar-refractivity contribution in [3.8, 4) is 0 Å². The van der Waals surface area contributed by atoms with E-state index in [-0.39, 0.29) is 26.4 Å². The summed E-state index contributed by atoms with van der Waals surface area (Å²) >= 11 is 0. The van der Waals surface area contributed by atoms with Crippen LogP contribution in [-0.2, 0) is 14.2 Å². The summed E-state index contributed by atoms with van der Waals surface area (Å²) in [5, 5.41) is 8.63. The van der Waals surface area contributed by atoms with Crippen molar-refractivity contribution in [1.82, 2.24) is 4.90 Å². The van der Waals surface area contributed by atoms with Gasteiger partial charge in [-0.15, -0.1) is 0 Å². The van der Waals surface area contributed by atoms with Gasteiger partial charge in [0.25, 0.3) is 0 Å². The molecule has 7 nitrogen and oxygen atoms in total. The molecule has 0 heterocycles. The van der Waals surface area contributed by atoms with Crippen LogP contribution >= 0.6 is 0 Å². The Bertz CT molecular complexity index is 314. The van der Waals surface area contributed by atoms with E-state index in [0.29, 0.717) is 0 Å². The van der Waals surface area contributed by atoms with Crippen molar-refractivity contribution < 1.29 is 28.9 Å². The molecular formula is C14H27NO6. The largest absolute Gasteiger partial charge is 0.443 e. The SMILES string of the molecule is CC(C)(C)OC(=O)N(CCOCCO)C(=O)OC(C)(C)C. The number of hydrogen-bond donors (Lipinski definition) is 1. The van der Waals surface area contributed by atoms with E-state index in [9.17, 15) is 9.59 Å². The third kappa shape index (κ3) is 10.1. The second kappa shape index (κ2) is 8.19. The zero-order valence-electron chi connectivity index (χ0n) is 13.8. The maximum Gasteiger partial charge on any atom is 0.419 e. The van der Waals surface area contributed by atoms with Gasteiger partial charge in [-0.05, 0) is 41.5 Å². The molecule has 0 aromatic rings. The summed E-state index contributed by atoms with van der Waals surface area (Å²) in [5.74, 6) is 0. The maximum absolute atomic E-state index is 12.0. The minimum absolute atomic E-state index is 0.0101. The fourth-order valence-electron chi connectivity index (χ4n) is 1.21. The lowest BCUT2D eigenvalue weighted by molar-refractivity contribution is -0.00580. The highest BCUT2D eigenvalue weighted by atomic mass is 16.6. The van der Waals surface area contributed by atoms with Gasteiger partial charge in [0.05, 0.1) is 26.4 Å². The van der Waals surface area contributed by atoms with Gasteiger partial charge in [-0.2, -0.15) is 0 Å². The first-order chi connectivity index (χ1) is 9.46. The number of amides is 2. The van der Waals surface area contributed by atoms with Gasteiger partial charge in [0, 0.05) is 0 Å². The Hall–Kier alpha value is -1.34. The molecule has 0 spiro atoms. The Morgan fingerprint density at radius 3 is 1.67 bits per heavy atom. The summed E-state index contributed by atoms with van der Waals surface area (Å²) in [4.78, 5) is 25.0. The molecule has 0 fully saturated rings. The monoisotopic (exact) mass is 305 g/mol. The van der Waals surface area contributed by atoms with Gasteiger partial charge in [0.15, 0.2) is 0 Å². The van der Waals surface area contributed by atoms with Crippen LogP contribution in [-0.4, -0.2) is 59.8 Å². The molecule has 1 N–H and O–H groups in total. The van der Waals surface area contributed by atoms with Crippen LogP contribution in [0.2, 0.25) is 0 Å². The average molecular weight is 305 g/mol. The van der Waals surface area contributed by atoms with Crippen LogP contribution in [0.5, 0.6) is 0 Å². The predicted molar refractivity (Wildman–Crippen MR) is 77.1 cm³/mol. The van der Waals surface area contributed by atoms with Gasteiger partial charge >= 0.3 is 12.2 Å². The molecular weight excluding hydrogens is 278 g/mol. The molecule has 124 valence electrons. The summed E-state index contributed by atoms with van der Waals surface area (Å²) in [5.41, 5.74) is -1.44. The fourth-order valence-corrected chi connectivity index (χ4v) is 1.21. The summed E-state index contributed by atoms with van der Waals surface area (Å²) in [6.45, 7) is 10.3. The summed E-state index contributed by atoms with van der Waals surface area (Å²) < 4.78 is 15.4. The minimum Gasteiger partial charge on any atom is -0.443 e. The highest BCUT2D eigenvalue weighted by Crippen LogP contribution is 2.14. The van der Waals surface area contributed by atoms with Crippen molar-refractivity contribution in [2.24, 2.45) is 0 Å². The average Bonchev–Trinajstić information content (AvgIpc) is 2.23. The van der Waals surface area contributed by atoms with E-state index in [1.165, 1.54) is 0 Å². The Morgan fingerprint density at radius 2 is 1.33 bits per heavy atom. The highest BCUT2D eigenvalue weighted by Gasteiger charge is 2.30. The van der Waals surface area contributed by atoms with E-state index in [2.05, 4.69) is 0 Å². The number of aliphatic hydroxyl groups is 1. The molecule has 21 heavy (non-hydrogen) atoms. The molecule has 0 aliphatic carbocycles. The van der Waals surface area contributed by atoms with Crippen LogP contribution in [0.25, 0.3) is 0 Å². The van der Waals surface area contributed by atoms with E-state index in [4.69, 9.17) is 19.3 Å². The lowest BCUT2D eigenvalue weighted by Crippen LogP contribution is -2.45. The standard InChI is InChI=1S/C14H27NO6/c1-13(2,3)20-11(17)15(7-9-19-10-8-16)12(18)21-14(4,5)6/h16H,7-10H2,1-6H3. The number of nitrogens with zero attached hydrogens (tertiary/aromatic N) is 1. The second-order valence-corrected chi connectivity index (χ2v) is 6.45. The van der Waals surface area contributed by atoms with Gasteiger partial charge < -0.3 is 19.3 Å². The van der Waals surface area contributed by atoms with Crippen LogP contribution < -0.4 is 0 Å². The lowest BCUT2D eigenvalue weighted by atomic mass is 10.2. The molecule has 0 radical (unpaired) electrons. The van der Waals surface area contributed by atoms with Crippen LogP contribution in [0.1, 0.15) is 41.5 Å². The van der Waals surface area contributed by atoms with Crippen LogP contribution in [0.3, 0.4) is 0 Å². The molecule has 0 atom stereocenters. The third-order valence-electron chi connectivity index (χ3n) is 1.92.